The maximum atomic E-state index is 6.16. The zero-order valence-electron chi connectivity index (χ0n) is 9.12. The second-order valence-electron chi connectivity index (χ2n) is 4.02. The van der Waals surface area contributed by atoms with Crippen LogP contribution in [0.15, 0.2) is 22.1 Å². The van der Waals surface area contributed by atoms with Gasteiger partial charge in [0.15, 0.2) is 0 Å². The van der Waals surface area contributed by atoms with Gasteiger partial charge in [-0.05, 0) is 34.8 Å². The topological polar surface area (TPSA) is 22.1 Å². The molecule has 2 aromatic heterocycles. The van der Waals surface area contributed by atoms with Crippen molar-refractivity contribution in [3.63, 3.8) is 0 Å². The second-order valence-corrected chi connectivity index (χ2v) is 6.64. The highest BCUT2D eigenvalue weighted by Crippen LogP contribution is 2.42. The Bertz CT molecular complexity index is 602. The van der Waals surface area contributed by atoms with Crippen LogP contribution in [-0.2, 0) is 6.42 Å². The van der Waals surface area contributed by atoms with Gasteiger partial charge in [-0.3, -0.25) is 0 Å². The highest BCUT2D eigenvalue weighted by molar-refractivity contribution is 9.10. The van der Waals surface area contributed by atoms with E-state index in [0.717, 1.165) is 27.8 Å². The van der Waals surface area contributed by atoms with Crippen molar-refractivity contribution in [1.29, 1.82) is 0 Å². The number of pyridine rings is 1. The van der Waals surface area contributed by atoms with Crippen LogP contribution in [-0.4, -0.2) is 4.98 Å². The van der Waals surface area contributed by atoms with E-state index >= 15 is 0 Å². The molecular weight excluding hydrogens is 357 g/mol. The Hall–Kier alpha value is -0.290. The minimum absolute atomic E-state index is 0.0452. The number of rotatable bonds is 1. The molecule has 94 valence electrons. The summed E-state index contributed by atoms with van der Waals surface area (Å²) in [6.45, 7) is 0. The number of ether oxygens (including phenoxy) is 1. The summed E-state index contributed by atoms with van der Waals surface area (Å²) in [4.78, 5) is 5.27. The van der Waals surface area contributed by atoms with Gasteiger partial charge in [0.1, 0.15) is 6.10 Å². The van der Waals surface area contributed by atoms with Crippen molar-refractivity contribution < 1.29 is 4.74 Å². The smallest absolute Gasteiger partial charge is 0.217 e. The Kier molecular flexibility index (Phi) is 3.54. The molecule has 3 heterocycles. The monoisotopic (exact) mass is 363 g/mol. The Balaban J connectivity index is 1.91. The average molecular weight is 365 g/mol. The lowest BCUT2D eigenvalue weighted by Crippen LogP contribution is -2.15. The molecule has 0 fully saturated rings. The fourth-order valence-corrected chi connectivity index (χ4v) is 3.90. The molecular formula is C12H8BrCl2NOS. The Labute approximate surface area is 127 Å². The lowest BCUT2D eigenvalue weighted by molar-refractivity contribution is 0.171. The molecule has 6 heteroatoms. The highest BCUT2D eigenvalue weighted by Gasteiger charge is 2.26. The number of hydrogen-bond acceptors (Lipinski definition) is 3. The molecule has 0 aromatic carbocycles. The normalized spacial score (nSPS) is 18.3. The molecule has 0 radical (unpaired) electrons. The molecule has 2 aromatic rings. The molecule has 0 saturated carbocycles. The van der Waals surface area contributed by atoms with Gasteiger partial charge >= 0.3 is 0 Å². The van der Waals surface area contributed by atoms with E-state index in [0.29, 0.717) is 15.9 Å². The summed E-state index contributed by atoms with van der Waals surface area (Å²) in [5, 5.41) is 3.04. The van der Waals surface area contributed by atoms with Crippen molar-refractivity contribution in [3.8, 4) is 5.88 Å². The second kappa shape index (κ2) is 5.00. The van der Waals surface area contributed by atoms with Gasteiger partial charge < -0.3 is 4.74 Å². The summed E-state index contributed by atoms with van der Waals surface area (Å²) in [7, 11) is 0. The van der Waals surface area contributed by atoms with Crippen LogP contribution in [0.4, 0.5) is 0 Å². The van der Waals surface area contributed by atoms with Crippen LogP contribution in [0.1, 0.15) is 23.0 Å². The summed E-state index contributed by atoms with van der Waals surface area (Å²) in [6.07, 6.45) is 3.51. The van der Waals surface area contributed by atoms with Crippen LogP contribution in [0.3, 0.4) is 0 Å². The number of hydrogen-bond donors (Lipinski definition) is 0. The summed E-state index contributed by atoms with van der Waals surface area (Å²) in [6, 6.07) is 2.04. The van der Waals surface area contributed by atoms with Crippen LogP contribution in [0.2, 0.25) is 10.0 Å². The molecule has 0 amide bonds. The van der Waals surface area contributed by atoms with E-state index in [2.05, 4.69) is 20.9 Å². The number of aryl methyl sites for hydroxylation is 1. The number of nitrogens with zero attached hydrogens (tertiary/aromatic N) is 1. The molecule has 0 aliphatic carbocycles. The number of thiophene rings is 1. The predicted octanol–water partition coefficient (Wildman–Crippen LogP) is 5.28. The first-order chi connectivity index (χ1) is 8.65. The van der Waals surface area contributed by atoms with E-state index in [9.17, 15) is 0 Å². The molecule has 1 atom stereocenters. The fourth-order valence-electron chi connectivity index (χ4n) is 1.97. The van der Waals surface area contributed by atoms with Crippen LogP contribution in [0.5, 0.6) is 5.88 Å². The standard InChI is InChI=1S/C12H8BrCl2NOS/c13-7-3-6-1-2-9(17-12(6)16-4-7)11-10(15)8(14)5-18-11/h3-5,9H,1-2H2. The van der Waals surface area contributed by atoms with Gasteiger partial charge in [-0.25, -0.2) is 4.98 Å². The summed E-state index contributed by atoms with van der Waals surface area (Å²) < 4.78 is 6.88. The SMILES string of the molecule is Clc1csc(C2CCc3cc(Br)cnc3O2)c1Cl. The van der Waals surface area contributed by atoms with E-state index in [1.54, 1.807) is 6.20 Å². The molecule has 1 unspecified atom stereocenters. The Morgan fingerprint density at radius 2 is 2.28 bits per heavy atom. The first-order valence-corrected chi connectivity index (χ1v) is 7.81. The van der Waals surface area contributed by atoms with Gasteiger partial charge in [0.05, 0.1) is 14.9 Å². The van der Waals surface area contributed by atoms with Crippen molar-refractivity contribution >= 4 is 50.5 Å². The van der Waals surface area contributed by atoms with Gasteiger partial charge in [0, 0.05) is 21.6 Å². The third-order valence-electron chi connectivity index (χ3n) is 2.83. The van der Waals surface area contributed by atoms with Crippen molar-refractivity contribution in [1.82, 2.24) is 4.98 Å². The van der Waals surface area contributed by atoms with E-state index in [1.807, 2.05) is 11.4 Å². The van der Waals surface area contributed by atoms with E-state index in [-0.39, 0.29) is 6.10 Å². The quantitative estimate of drug-likeness (QED) is 0.686. The van der Waals surface area contributed by atoms with Crippen LogP contribution in [0, 0.1) is 0 Å². The van der Waals surface area contributed by atoms with Gasteiger partial charge in [-0.2, -0.15) is 0 Å². The maximum Gasteiger partial charge on any atom is 0.217 e. The molecule has 0 bridgehead atoms. The molecule has 0 saturated heterocycles. The molecule has 2 nitrogen and oxygen atoms in total. The molecule has 1 aliphatic heterocycles. The average Bonchev–Trinajstić information content (AvgIpc) is 2.69. The number of halogens is 3. The third-order valence-corrected chi connectivity index (χ3v) is 5.38. The van der Waals surface area contributed by atoms with Crippen molar-refractivity contribution in [2.75, 3.05) is 0 Å². The van der Waals surface area contributed by atoms with Crippen molar-refractivity contribution in [2.24, 2.45) is 0 Å². The Morgan fingerprint density at radius 1 is 1.44 bits per heavy atom. The Morgan fingerprint density at radius 3 is 3.00 bits per heavy atom. The first kappa shape index (κ1) is 12.7. The minimum atomic E-state index is -0.0452. The van der Waals surface area contributed by atoms with Crippen molar-refractivity contribution in [3.05, 3.63) is 42.6 Å². The summed E-state index contributed by atoms with van der Waals surface area (Å²) in [5.74, 6) is 0.690. The zero-order chi connectivity index (χ0) is 12.7. The van der Waals surface area contributed by atoms with Gasteiger partial charge in [-0.1, -0.05) is 23.2 Å². The van der Waals surface area contributed by atoms with Gasteiger partial charge in [-0.15, -0.1) is 11.3 Å². The largest absolute Gasteiger partial charge is 0.468 e. The van der Waals surface area contributed by atoms with Crippen molar-refractivity contribution in [2.45, 2.75) is 18.9 Å². The van der Waals surface area contributed by atoms with Crippen LogP contribution < -0.4 is 4.74 Å². The fraction of sp³-hybridized carbons (Fsp3) is 0.250. The molecule has 1 aliphatic rings. The highest BCUT2D eigenvalue weighted by atomic mass is 79.9. The zero-order valence-corrected chi connectivity index (χ0v) is 13.0. The first-order valence-electron chi connectivity index (χ1n) is 5.38. The molecule has 0 N–H and O–H groups in total. The van der Waals surface area contributed by atoms with Gasteiger partial charge in [0.2, 0.25) is 5.88 Å². The maximum absolute atomic E-state index is 6.16. The summed E-state index contributed by atoms with van der Waals surface area (Å²) >= 11 is 17.1. The van der Waals surface area contributed by atoms with Crippen LogP contribution in [0.25, 0.3) is 0 Å². The molecule has 0 spiro atoms. The number of fused-ring (bicyclic) bond motifs is 1. The minimum Gasteiger partial charge on any atom is -0.468 e. The van der Waals surface area contributed by atoms with E-state index < -0.39 is 0 Å². The lowest BCUT2D eigenvalue weighted by atomic mass is 10.0. The van der Waals surface area contributed by atoms with Gasteiger partial charge in [0.25, 0.3) is 0 Å². The predicted molar refractivity (Wildman–Crippen MR) is 78.0 cm³/mol. The molecule has 18 heavy (non-hydrogen) atoms. The summed E-state index contributed by atoms with van der Waals surface area (Å²) in [5.41, 5.74) is 1.12. The third kappa shape index (κ3) is 2.27. The number of aromatic nitrogens is 1. The van der Waals surface area contributed by atoms with E-state index in [1.165, 1.54) is 11.3 Å². The van der Waals surface area contributed by atoms with Crippen LogP contribution >= 0.6 is 50.5 Å². The van der Waals surface area contributed by atoms with E-state index in [4.69, 9.17) is 27.9 Å². The lowest BCUT2D eigenvalue weighted by Gasteiger charge is -2.24. The molecule has 3 rings (SSSR count).